The lowest BCUT2D eigenvalue weighted by atomic mass is 9.80. The fraction of sp³-hybridized carbons (Fsp3) is 0.941. The van der Waals surface area contributed by atoms with Gasteiger partial charge in [-0.25, -0.2) is 0 Å². The van der Waals surface area contributed by atoms with Gasteiger partial charge in [-0.15, -0.1) is 0 Å². The minimum atomic E-state index is -0.372. The summed E-state index contributed by atoms with van der Waals surface area (Å²) < 4.78 is 5.46. The third kappa shape index (κ3) is 8.57. The van der Waals surface area contributed by atoms with E-state index in [4.69, 9.17) is 4.74 Å². The highest BCUT2D eigenvalue weighted by molar-refractivity contribution is 5.77. The van der Waals surface area contributed by atoms with Gasteiger partial charge >= 0.3 is 5.97 Å². The number of ether oxygens (including phenoxy) is 1. The molecule has 0 bridgehead atoms. The molecule has 1 saturated carbocycles. The molecule has 0 N–H and O–H groups in total. The number of nitrogens with zero attached hydrogens (tertiary/aromatic N) is 1. The molecule has 1 saturated heterocycles. The molecule has 0 unspecified atom stereocenters. The molecule has 1 aliphatic heterocycles. The van der Waals surface area contributed by atoms with Crippen LogP contribution >= 0.6 is 0 Å². The van der Waals surface area contributed by atoms with Gasteiger partial charge in [0.2, 0.25) is 0 Å². The molecule has 0 spiro atoms. The van der Waals surface area contributed by atoms with Crippen LogP contribution in [0.5, 0.6) is 0 Å². The van der Waals surface area contributed by atoms with Crippen LogP contribution in [0, 0.1) is 5.41 Å². The smallest absolute Gasteiger partial charge is 0.312 e. The Kier molecular flexibility index (Phi) is 8.41. The van der Waals surface area contributed by atoms with E-state index in [0.29, 0.717) is 0 Å². The molecule has 0 atom stereocenters. The largest absolute Gasteiger partial charge is 0.460 e. The van der Waals surface area contributed by atoms with Gasteiger partial charge in [-0.1, -0.05) is 33.1 Å². The zero-order valence-corrected chi connectivity index (χ0v) is 14.7. The summed E-state index contributed by atoms with van der Waals surface area (Å²) in [6.07, 6.45) is 6.30. The molecule has 2 rings (SSSR count). The lowest BCUT2D eigenvalue weighted by Crippen LogP contribution is -2.43. The lowest BCUT2D eigenvalue weighted by molar-refractivity contribution is -0.169. The zero-order valence-electron chi connectivity index (χ0n) is 14.7. The van der Waals surface area contributed by atoms with E-state index in [0.717, 1.165) is 25.9 Å². The van der Waals surface area contributed by atoms with E-state index in [1.807, 2.05) is 41.5 Å². The SMILES string of the molecule is C1CC1.CC.CN1CCC(C)(C(=O)OC(C)(C)C)CC1. The molecule has 0 aromatic heterocycles. The summed E-state index contributed by atoms with van der Waals surface area (Å²) in [5.74, 6) is -0.0388. The molecular formula is C17H35NO2. The maximum absolute atomic E-state index is 12.0. The standard InChI is InChI=1S/C12H23NO2.C3H6.C2H6/c1-11(2,3)15-10(14)12(4)6-8-13(5)9-7-12;1-2-3-1;1-2/h6-9H2,1-5H3;1-3H2;1-2H3. The summed E-state index contributed by atoms with van der Waals surface area (Å²) in [7, 11) is 2.09. The van der Waals surface area contributed by atoms with Crippen molar-refractivity contribution in [1.29, 1.82) is 0 Å². The molecule has 120 valence electrons. The summed E-state index contributed by atoms with van der Waals surface area (Å²) in [5.41, 5.74) is -0.650. The van der Waals surface area contributed by atoms with Crippen molar-refractivity contribution in [3.8, 4) is 0 Å². The summed E-state index contributed by atoms with van der Waals surface area (Å²) in [6, 6.07) is 0. The van der Waals surface area contributed by atoms with Gasteiger partial charge in [0.15, 0.2) is 0 Å². The van der Waals surface area contributed by atoms with Crippen molar-refractivity contribution in [3.05, 3.63) is 0 Å². The van der Waals surface area contributed by atoms with Crippen molar-refractivity contribution in [1.82, 2.24) is 4.90 Å². The number of piperidine rings is 1. The Morgan fingerprint density at radius 1 is 1.05 bits per heavy atom. The van der Waals surface area contributed by atoms with Crippen molar-refractivity contribution in [2.75, 3.05) is 20.1 Å². The van der Waals surface area contributed by atoms with Crippen molar-refractivity contribution in [3.63, 3.8) is 0 Å². The minimum Gasteiger partial charge on any atom is -0.460 e. The quantitative estimate of drug-likeness (QED) is 0.674. The van der Waals surface area contributed by atoms with Crippen molar-refractivity contribution in [2.45, 2.75) is 79.2 Å². The fourth-order valence-electron chi connectivity index (χ4n) is 1.72. The number of rotatable bonds is 1. The molecule has 20 heavy (non-hydrogen) atoms. The number of carbonyl (C=O) groups excluding carboxylic acids is 1. The maximum atomic E-state index is 12.0. The number of hydrogen-bond donors (Lipinski definition) is 0. The normalized spacial score (nSPS) is 20.8. The predicted molar refractivity (Wildman–Crippen MR) is 85.9 cm³/mol. The van der Waals surface area contributed by atoms with Gasteiger partial charge in [0.1, 0.15) is 5.60 Å². The van der Waals surface area contributed by atoms with Gasteiger partial charge in [-0.05, 0) is 60.7 Å². The molecule has 0 aromatic carbocycles. The molecule has 0 aromatic rings. The lowest BCUT2D eigenvalue weighted by Gasteiger charge is -2.37. The van der Waals surface area contributed by atoms with Gasteiger partial charge < -0.3 is 9.64 Å². The van der Waals surface area contributed by atoms with Crippen LogP contribution in [-0.4, -0.2) is 36.6 Å². The highest BCUT2D eigenvalue weighted by Crippen LogP contribution is 2.33. The highest BCUT2D eigenvalue weighted by Gasteiger charge is 2.39. The molecule has 2 fully saturated rings. The van der Waals surface area contributed by atoms with E-state index in [-0.39, 0.29) is 17.0 Å². The average molecular weight is 285 g/mol. The zero-order chi connectivity index (χ0) is 15.8. The van der Waals surface area contributed by atoms with E-state index < -0.39 is 0 Å². The number of esters is 1. The van der Waals surface area contributed by atoms with Crippen LogP contribution in [0.4, 0.5) is 0 Å². The van der Waals surface area contributed by atoms with Crippen LogP contribution in [0.25, 0.3) is 0 Å². The molecule has 3 heteroatoms. The summed E-state index contributed by atoms with van der Waals surface area (Å²) in [4.78, 5) is 14.3. The second kappa shape index (κ2) is 8.66. The van der Waals surface area contributed by atoms with Gasteiger partial charge in [0.25, 0.3) is 0 Å². The summed E-state index contributed by atoms with van der Waals surface area (Å²) in [5, 5.41) is 0. The van der Waals surface area contributed by atoms with Crippen LogP contribution in [0.15, 0.2) is 0 Å². The van der Waals surface area contributed by atoms with E-state index in [1.165, 1.54) is 19.3 Å². The third-order valence-corrected chi connectivity index (χ3v) is 3.34. The fourth-order valence-corrected chi connectivity index (χ4v) is 1.72. The maximum Gasteiger partial charge on any atom is 0.312 e. The molecule has 0 amide bonds. The number of carbonyl (C=O) groups is 1. The van der Waals surface area contributed by atoms with E-state index in [1.54, 1.807) is 0 Å². The second-order valence-corrected chi connectivity index (χ2v) is 6.93. The second-order valence-electron chi connectivity index (χ2n) is 6.93. The molecule has 2 aliphatic rings. The van der Waals surface area contributed by atoms with Gasteiger partial charge in [0, 0.05) is 0 Å². The van der Waals surface area contributed by atoms with Crippen LogP contribution in [0.2, 0.25) is 0 Å². The number of hydrogen-bond acceptors (Lipinski definition) is 3. The predicted octanol–water partition coefficient (Wildman–Crippen LogP) is 4.26. The Morgan fingerprint density at radius 2 is 1.45 bits per heavy atom. The first-order valence-electron chi connectivity index (χ1n) is 8.15. The highest BCUT2D eigenvalue weighted by atomic mass is 16.6. The topological polar surface area (TPSA) is 29.5 Å². The molecule has 1 heterocycles. The van der Waals surface area contributed by atoms with E-state index in [9.17, 15) is 4.79 Å². The van der Waals surface area contributed by atoms with Crippen LogP contribution < -0.4 is 0 Å². The molecule has 0 radical (unpaired) electrons. The van der Waals surface area contributed by atoms with E-state index in [2.05, 4.69) is 11.9 Å². The summed E-state index contributed by atoms with van der Waals surface area (Å²) >= 11 is 0. The van der Waals surface area contributed by atoms with E-state index >= 15 is 0 Å². The monoisotopic (exact) mass is 285 g/mol. The Balaban J connectivity index is 0.000000614. The van der Waals surface area contributed by atoms with Crippen LogP contribution in [0.1, 0.15) is 73.6 Å². The van der Waals surface area contributed by atoms with Gasteiger partial charge in [-0.2, -0.15) is 0 Å². The van der Waals surface area contributed by atoms with Crippen LogP contribution in [-0.2, 0) is 9.53 Å². The molecule has 3 nitrogen and oxygen atoms in total. The Labute approximate surface area is 126 Å². The van der Waals surface area contributed by atoms with Gasteiger partial charge in [-0.3, -0.25) is 4.79 Å². The van der Waals surface area contributed by atoms with Crippen LogP contribution in [0.3, 0.4) is 0 Å². The summed E-state index contributed by atoms with van der Waals surface area (Å²) in [6.45, 7) is 13.7. The van der Waals surface area contributed by atoms with Gasteiger partial charge in [0.05, 0.1) is 5.41 Å². The minimum absolute atomic E-state index is 0.0388. The first kappa shape index (κ1) is 19.4. The molecular weight excluding hydrogens is 250 g/mol. The Hall–Kier alpha value is -0.570. The first-order chi connectivity index (χ1) is 9.23. The first-order valence-corrected chi connectivity index (χ1v) is 8.15. The van der Waals surface area contributed by atoms with Crippen molar-refractivity contribution < 1.29 is 9.53 Å². The third-order valence-electron chi connectivity index (χ3n) is 3.34. The number of likely N-dealkylation sites (tertiary alicyclic amines) is 1. The Bertz CT molecular complexity index is 268. The van der Waals surface area contributed by atoms with Crippen molar-refractivity contribution in [2.24, 2.45) is 5.41 Å². The van der Waals surface area contributed by atoms with Crippen molar-refractivity contribution >= 4 is 5.97 Å². The average Bonchev–Trinajstić information content (AvgIpc) is 3.21. The Morgan fingerprint density at radius 3 is 1.75 bits per heavy atom. The molecule has 1 aliphatic carbocycles.